The summed E-state index contributed by atoms with van der Waals surface area (Å²) >= 11 is 0. The van der Waals surface area contributed by atoms with Crippen LogP contribution in [0.5, 0.6) is 0 Å². The van der Waals surface area contributed by atoms with Crippen LogP contribution >= 0.6 is 0 Å². The van der Waals surface area contributed by atoms with Crippen molar-refractivity contribution in [3.63, 3.8) is 0 Å². The van der Waals surface area contributed by atoms with Crippen LogP contribution in [-0.2, 0) is 0 Å². The maximum absolute atomic E-state index is 2.72. The largest absolute Gasteiger partial charge is 0.297 e. The van der Waals surface area contributed by atoms with Crippen molar-refractivity contribution >= 4 is 0 Å². The normalized spacial score (nSPS) is 51.5. The minimum absolute atomic E-state index is 0.852. The molecule has 1 heteroatoms. The maximum Gasteiger partial charge on any atom is 0.0104 e. The summed E-state index contributed by atoms with van der Waals surface area (Å²) in [6, 6.07) is 1.79. The molecular weight excluding hydrogens is 134 g/mol. The fourth-order valence-corrected chi connectivity index (χ4v) is 2.87. The molecule has 2 rings (SSSR count). The van der Waals surface area contributed by atoms with Crippen LogP contribution in [0.1, 0.15) is 33.6 Å². The van der Waals surface area contributed by atoms with Crippen LogP contribution in [0.25, 0.3) is 0 Å². The van der Waals surface area contributed by atoms with Crippen LogP contribution in [-0.4, -0.2) is 23.5 Å². The van der Waals surface area contributed by atoms with Crippen molar-refractivity contribution in [1.29, 1.82) is 0 Å². The van der Waals surface area contributed by atoms with Crippen molar-refractivity contribution < 1.29 is 0 Å². The second-order valence-corrected chi connectivity index (χ2v) is 4.65. The van der Waals surface area contributed by atoms with E-state index in [9.17, 15) is 0 Å². The van der Waals surface area contributed by atoms with Crippen LogP contribution in [0, 0.1) is 11.8 Å². The van der Waals surface area contributed by atoms with Gasteiger partial charge in [-0.3, -0.25) is 4.90 Å². The van der Waals surface area contributed by atoms with E-state index in [1.54, 1.807) is 0 Å². The van der Waals surface area contributed by atoms with Gasteiger partial charge in [0.2, 0.25) is 0 Å². The standard InChI is InChI=1S/C10H19N/c1-7-4-10-5-8(2)9(3)11(10)6-7/h7-10H,4-6H2,1-3H3. The summed E-state index contributed by atoms with van der Waals surface area (Å²) in [5.41, 5.74) is 0. The van der Waals surface area contributed by atoms with Crippen LogP contribution in [0.2, 0.25) is 0 Å². The lowest BCUT2D eigenvalue weighted by Gasteiger charge is -2.21. The van der Waals surface area contributed by atoms with Gasteiger partial charge in [0.15, 0.2) is 0 Å². The molecule has 1 nitrogen and oxygen atoms in total. The van der Waals surface area contributed by atoms with E-state index >= 15 is 0 Å². The second kappa shape index (κ2) is 2.48. The van der Waals surface area contributed by atoms with Gasteiger partial charge >= 0.3 is 0 Å². The molecule has 0 aromatic heterocycles. The van der Waals surface area contributed by atoms with Crippen molar-refractivity contribution in [2.24, 2.45) is 11.8 Å². The molecule has 2 fully saturated rings. The zero-order valence-electron chi connectivity index (χ0n) is 7.88. The SMILES string of the molecule is CC1CC2CC(C)C(C)N2C1. The van der Waals surface area contributed by atoms with Crippen molar-refractivity contribution in [2.75, 3.05) is 6.54 Å². The predicted molar refractivity (Wildman–Crippen MR) is 47.5 cm³/mol. The third kappa shape index (κ3) is 1.10. The van der Waals surface area contributed by atoms with Gasteiger partial charge in [-0.2, -0.15) is 0 Å². The highest BCUT2D eigenvalue weighted by atomic mass is 15.2. The molecule has 2 aliphatic heterocycles. The maximum atomic E-state index is 2.72. The first-order valence-corrected chi connectivity index (χ1v) is 4.94. The predicted octanol–water partition coefficient (Wildman–Crippen LogP) is 2.13. The Bertz CT molecular complexity index is 155. The molecule has 11 heavy (non-hydrogen) atoms. The van der Waals surface area contributed by atoms with Crippen LogP contribution < -0.4 is 0 Å². The molecule has 0 aliphatic carbocycles. The van der Waals surface area contributed by atoms with Crippen LogP contribution in [0.4, 0.5) is 0 Å². The molecule has 4 unspecified atom stereocenters. The van der Waals surface area contributed by atoms with Gasteiger partial charge in [-0.15, -0.1) is 0 Å². The van der Waals surface area contributed by atoms with Crippen molar-refractivity contribution in [1.82, 2.24) is 4.90 Å². The minimum atomic E-state index is 0.852. The number of hydrogen-bond donors (Lipinski definition) is 0. The molecule has 0 amide bonds. The lowest BCUT2D eigenvalue weighted by Crippen LogP contribution is -2.31. The summed E-state index contributed by atoms with van der Waals surface area (Å²) in [6.07, 6.45) is 2.90. The van der Waals surface area contributed by atoms with E-state index in [0.29, 0.717) is 0 Å². The zero-order valence-corrected chi connectivity index (χ0v) is 7.88. The Morgan fingerprint density at radius 1 is 1.09 bits per heavy atom. The molecule has 2 aliphatic rings. The Labute approximate surface area is 69.8 Å². The zero-order chi connectivity index (χ0) is 8.01. The van der Waals surface area contributed by atoms with E-state index in [-0.39, 0.29) is 0 Å². The van der Waals surface area contributed by atoms with E-state index in [2.05, 4.69) is 25.7 Å². The second-order valence-electron chi connectivity index (χ2n) is 4.65. The highest BCUT2D eigenvalue weighted by Gasteiger charge is 2.40. The smallest absolute Gasteiger partial charge is 0.0104 e. The van der Waals surface area contributed by atoms with Gasteiger partial charge in [0.1, 0.15) is 0 Å². The highest BCUT2D eigenvalue weighted by Crippen LogP contribution is 2.38. The molecule has 0 radical (unpaired) electrons. The monoisotopic (exact) mass is 153 g/mol. The molecule has 0 saturated carbocycles. The summed E-state index contributed by atoms with van der Waals surface area (Å²) in [5, 5.41) is 0. The van der Waals surface area contributed by atoms with Crippen LogP contribution in [0.3, 0.4) is 0 Å². The first kappa shape index (κ1) is 7.60. The molecule has 0 spiro atoms. The quantitative estimate of drug-likeness (QED) is 0.515. The third-order valence-electron chi connectivity index (χ3n) is 3.66. The van der Waals surface area contributed by atoms with Crippen molar-refractivity contribution in [2.45, 2.75) is 45.7 Å². The average Bonchev–Trinajstić information content (AvgIpc) is 2.37. The third-order valence-corrected chi connectivity index (χ3v) is 3.66. The van der Waals surface area contributed by atoms with E-state index < -0.39 is 0 Å². The molecule has 2 heterocycles. The topological polar surface area (TPSA) is 3.24 Å². The van der Waals surface area contributed by atoms with Crippen molar-refractivity contribution in [3.05, 3.63) is 0 Å². The number of rotatable bonds is 0. The fourth-order valence-electron chi connectivity index (χ4n) is 2.87. The first-order valence-electron chi connectivity index (χ1n) is 4.94. The summed E-state index contributed by atoms with van der Waals surface area (Å²) in [5.74, 6) is 1.89. The van der Waals surface area contributed by atoms with Gasteiger partial charge in [-0.05, 0) is 31.6 Å². The lowest BCUT2D eigenvalue weighted by atomic mass is 9.98. The van der Waals surface area contributed by atoms with Gasteiger partial charge in [0.05, 0.1) is 0 Å². The highest BCUT2D eigenvalue weighted by molar-refractivity contribution is 4.95. The molecular formula is C10H19N. The number of fused-ring (bicyclic) bond motifs is 1. The van der Waals surface area contributed by atoms with Crippen LogP contribution in [0.15, 0.2) is 0 Å². The van der Waals surface area contributed by atoms with Gasteiger partial charge in [0, 0.05) is 18.6 Å². The molecule has 0 aromatic rings. The van der Waals surface area contributed by atoms with Gasteiger partial charge in [0.25, 0.3) is 0 Å². The van der Waals surface area contributed by atoms with E-state index in [4.69, 9.17) is 0 Å². The van der Waals surface area contributed by atoms with Gasteiger partial charge < -0.3 is 0 Å². The van der Waals surface area contributed by atoms with Gasteiger partial charge in [-0.1, -0.05) is 13.8 Å². The first-order chi connectivity index (χ1) is 5.18. The molecule has 0 N–H and O–H groups in total. The molecule has 2 saturated heterocycles. The Kier molecular flexibility index (Phi) is 1.71. The van der Waals surface area contributed by atoms with E-state index in [1.807, 2.05) is 0 Å². The lowest BCUT2D eigenvalue weighted by molar-refractivity contribution is 0.238. The molecule has 4 atom stereocenters. The van der Waals surface area contributed by atoms with E-state index in [1.165, 1.54) is 19.4 Å². The number of nitrogens with zero attached hydrogens (tertiary/aromatic N) is 1. The van der Waals surface area contributed by atoms with Gasteiger partial charge in [-0.25, -0.2) is 0 Å². The Hall–Kier alpha value is -0.0400. The summed E-state index contributed by atoms with van der Waals surface area (Å²) in [6.45, 7) is 8.53. The molecule has 0 bridgehead atoms. The average molecular weight is 153 g/mol. The minimum Gasteiger partial charge on any atom is -0.297 e. The summed E-state index contributed by atoms with van der Waals surface area (Å²) in [4.78, 5) is 2.72. The Morgan fingerprint density at radius 3 is 2.45 bits per heavy atom. The Morgan fingerprint density at radius 2 is 1.82 bits per heavy atom. The Balaban J connectivity index is 2.07. The van der Waals surface area contributed by atoms with Crippen molar-refractivity contribution in [3.8, 4) is 0 Å². The fraction of sp³-hybridized carbons (Fsp3) is 1.00. The summed E-state index contributed by atoms with van der Waals surface area (Å²) < 4.78 is 0. The summed E-state index contributed by atoms with van der Waals surface area (Å²) in [7, 11) is 0. The molecule has 0 aromatic carbocycles. The number of hydrogen-bond acceptors (Lipinski definition) is 1. The molecule has 64 valence electrons. The van der Waals surface area contributed by atoms with E-state index in [0.717, 1.165) is 23.9 Å².